The van der Waals surface area contributed by atoms with E-state index in [0.717, 1.165) is 5.56 Å². The van der Waals surface area contributed by atoms with Crippen molar-refractivity contribution in [2.45, 2.75) is 33.0 Å². The van der Waals surface area contributed by atoms with Crippen LogP contribution >= 0.6 is 0 Å². The van der Waals surface area contributed by atoms with E-state index in [1.54, 1.807) is 35.4 Å². The van der Waals surface area contributed by atoms with Crippen LogP contribution in [0.15, 0.2) is 30.3 Å². The van der Waals surface area contributed by atoms with E-state index < -0.39 is 0 Å². The lowest BCUT2D eigenvalue weighted by molar-refractivity contribution is -0.139. The van der Waals surface area contributed by atoms with Gasteiger partial charge in [0.05, 0.1) is 12.6 Å². The smallest absolute Gasteiger partial charge is 0.244 e. The normalized spacial score (nSPS) is 17.9. The molecule has 0 saturated carbocycles. The van der Waals surface area contributed by atoms with Gasteiger partial charge < -0.3 is 14.5 Å². The Kier molecular flexibility index (Phi) is 5.85. The summed E-state index contributed by atoms with van der Waals surface area (Å²) in [5.41, 5.74) is 1.05. The highest BCUT2D eigenvalue weighted by Gasteiger charge is 2.30. The number of nitrogens with zero attached hydrogens (tertiary/aromatic N) is 5. The molecule has 1 aliphatic heterocycles. The third-order valence-corrected chi connectivity index (χ3v) is 4.68. The first-order valence-corrected chi connectivity index (χ1v) is 8.96. The molecule has 144 valence electrons. The molecule has 2 amide bonds. The van der Waals surface area contributed by atoms with Gasteiger partial charge in [-0.25, -0.2) is 9.67 Å². The zero-order valence-electron chi connectivity index (χ0n) is 16.0. The number of carbonyl (C=O) groups excluding carboxylic acids is 2. The summed E-state index contributed by atoms with van der Waals surface area (Å²) < 4.78 is 7.09. The minimum atomic E-state index is -0.234. The van der Waals surface area contributed by atoms with Crippen molar-refractivity contribution in [3.05, 3.63) is 47.5 Å². The van der Waals surface area contributed by atoms with Gasteiger partial charge in [-0.15, -0.1) is 0 Å². The van der Waals surface area contributed by atoms with E-state index in [0.29, 0.717) is 31.3 Å². The first-order valence-electron chi connectivity index (χ1n) is 8.96. The number of carbonyl (C=O) groups is 2. The van der Waals surface area contributed by atoms with Crippen molar-refractivity contribution >= 4 is 11.8 Å². The molecule has 1 aromatic heterocycles. The summed E-state index contributed by atoms with van der Waals surface area (Å²) in [7, 11) is 1.61. The topological polar surface area (TPSA) is 80.6 Å². The molecule has 0 N–H and O–H groups in total. The van der Waals surface area contributed by atoms with Gasteiger partial charge in [-0.1, -0.05) is 30.3 Å². The average molecular weight is 371 g/mol. The Morgan fingerprint density at radius 3 is 2.59 bits per heavy atom. The van der Waals surface area contributed by atoms with Crippen LogP contribution < -0.4 is 0 Å². The fourth-order valence-electron chi connectivity index (χ4n) is 3.21. The van der Waals surface area contributed by atoms with Gasteiger partial charge in [0.1, 0.15) is 18.2 Å². The second-order valence-corrected chi connectivity index (χ2v) is 6.76. The highest BCUT2D eigenvalue weighted by Crippen LogP contribution is 2.13. The van der Waals surface area contributed by atoms with Crippen LogP contribution in [0.3, 0.4) is 0 Å². The lowest BCUT2D eigenvalue weighted by atomic mass is 10.2. The van der Waals surface area contributed by atoms with E-state index in [4.69, 9.17) is 4.74 Å². The van der Waals surface area contributed by atoms with E-state index in [9.17, 15) is 9.59 Å². The fraction of sp³-hybridized carbons (Fsp3) is 0.474. The first-order chi connectivity index (χ1) is 13.0. The number of benzene rings is 1. The summed E-state index contributed by atoms with van der Waals surface area (Å²) in [6.45, 7) is 5.02. The maximum absolute atomic E-state index is 12.8. The Morgan fingerprint density at radius 1 is 1.22 bits per heavy atom. The Balaban J connectivity index is 1.71. The highest BCUT2D eigenvalue weighted by atomic mass is 16.5. The summed E-state index contributed by atoms with van der Waals surface area (Å²) in [6, 6.07) is 9.81. The summed E-state index contributed by atoms with van der Waals surface area (Å²) in [4.78, 5) is 33.0. The SMILES string of the molecule is COC1CN(C(=O)Cn2nc(C)nc2C)CC(=O)N(Cc2ccccc2)C1. The van der Waals surface area contributed by atoms with E-state index >= 15 is 0 Å². The molecule has 0 aliphatic carbocycles. The molecule has 1 atom stereocenters. The van der Waals surface area contributed by atoms with E-state index in [2.05, 4.69) is 10.1 Å². The molecule has 8 heteroatoms. The van der Waals surface area contributed by atoms with Crippen molar-refractivity contribution < 1.29 is 14.3 Å². The van der Waals surface area contributed by atoms with Gasteiger partial charge in [-0.05, 0) is 19.4 Å². The molecular formula is C19H25N5O3. The molecule has 8 nitrogen and oxygen atoms in total. The van der Waals surface area contributed by atoms with E-state index in [1.807, 2.05) is 30.3 Å². The maximum atomic E-state index is 12.8. The zero-order valence-corrected chi connectivity index (χ0v) is 16.0. The number of hydrogen-bond donors (Lipinski definition) is 0. The van der Waals surface area contributed by atoms with Crippen molar-refractivity contribution in [1.29, 1.82) is 0 Å². The maximum Gasteiger partial charge on any atom is 0.244 e. The molecule has 2 heterocycles. The minimum absolute atomic E-state index is 0.0399. The van der Waals surface area contributed by atoms with E-state index in [1.165, 1.54) is 0 Å². The van der Waals surface area contributed by atoms with Gasteiger partial charge >= 0.3 is 0 Å². The van der Waals surface area contributed by atoms with Crippen molar-refractivity contribution in [2.75, 3.05) is 26.7 Å². The molecule has 1 aromatic carbocycles. The number of methoxy groups -OCH3 is 1. The lowest BCUT2D eigenvalue weighted by Crippen LogP contribution is -2.41. The lowest BCUT2D eigenvalue weighted by Gasteiger charge is -2.23. The molecule has 3 rings (SSSR count). The molecule has 1 aliphatic rings. The number of rotatable bonds is 5. The molecule has 0 bridgehead atoms. The molecular weight excluding hydrogens is 346 g/mol. The largest absolute Gasteiger partial charge is 0.378 e. The number of amides is 2. The van der Waals surface area contributed by atoms with Crippen molar-refractivity contribution in [3.8, 4) is 0 Å². The minimum Gasteiger partial charge on any atom is -0.378 e. The van der Waals surface area contributed by atoms with Gasteiger partial charge in [0.2, 0.25) is 11.8 Å². The van der Waals surface area contributed by atoms with Gasteiger partial charge in [0, 0.05) is 26.7 Å². The van der Waals surface area contributed by atoms with Crippen LogP contribution in [-0.4, -0.2) is 69.2 Å². The first kappa shape index (κ1) is 19.0. The Labute approximate surface area is 158 Å². The van der Waals surface area contributed by atoms with Crippen LogP contribution in [0.25, 0.3) is 0 Å². The number of hydrogen-bond acceptors (Lipinski definition) is 5. The summed E-state index contributed by atoms with van der Waals surface area (Å²) >= 11 is 0. The second kappa shape index (κ2) is 8.30. The van der Waals surface area contributed by atoms with Gasteiger partial charge in [-0.2, -0.15) is 5.10 Å². The van der Waals surface area contributed by atoms with Gasteiger partial charge in [0.25, 0.3) is 0 Å². The Hall–Kier alpha value is -2.74. The van der Waals surface area contributed by atoms with Crippen molar-refractivity contribution in [3.63, 3.8) is 0 Å². The van der Waals surface area contributed by atoms with Crippen molar-refractivity contribution in [1.82, 2.24) is 24.6 Å². The molecule has 2 aromatic rings. The van der Waals surface area contributed by atoms with Crippen LogP contribution in [0.4, 0.5) is 0 Å². The molecule has 1 saturated heterocycles. The van der Waals surface area contributed by atoms with Crippen LogP contribution in [-0.2, 0) is 27.4 Å². The predicted octanol–water partition coefficient (Wildman–Crippen LogP) is 0.781. The average Bonchev–Trinajstić information content (AvgIpc) is 2.87. The van der Waals surface area contributed by atoms with Crippen LogP contribution in [0.2, 0.25) is 0 Å². The third kappa shape index (κ3) is 4.71. The van der Waals surface area contributed by atoms with Gasteiger partial charge in [0.15, 0.2) is 0 Å². The summed E-state index contributed by atoms with van der Waals surface area (Å²) in [6.07, 6.45) is -0.234. The van der Waals surface area contributed by atoms with E-state index in [-0.39, 0.29) is 31.0 Å². The van der Waals surface area contributed by atoms with Gasteiger partial charge in [-0.3, -0.25) is 9.59 Å². The summed E-state index contributed by atoms with van der Waals surface area (Å²) in [5, 5.41) is 4.23. The molecule has 27 heavy (non-hydrogen) atoms. The Bertz CT molecular complexity index is 805. The van der Waals surface area contributed by atoms with Crippen LogP contribution in [0.1, 0.15) is 17.2 Å². The Morgan fingerprint density at radius 2 is 1.96 bits per heavy atom. The third-order valence-electron chi connectivity index (χ3n) is 4.68. The fourth-order valence-corrected chi connectivity index (χ4v) is 3.21. The van der Waals surface area contributed by atoms with Crippen LogP contribution in [0, 0.1) is 13.8 Å². The molecule has 0 spiro atoms. The standard InChI is InChI=1S/C19H25N5O3/c1-14-20-15(2)24(21-14)13-19(26)23-11-17(27-3)10-22(18(25)12-23)9-16-7-5-4-6-8-16/h4-8,17H,9-13H2,1-3H3. The number of ether oxygens (including phenoxy) is 1. The molecule has 0 radical (unpaired) electrons. The van der Waals surface area contributed by atoms with Crippen molar-refractivity contribution in [2.24, 2.45) is 0 Å². The van der Waals surface area contributed by atoms with Crippen LogP contribution in [0.5, 0.6) is 0 Å². The quantitative estimate of drug-likeness (QED) is 0.776. The predicted molar refractivity (Wildman–Crippen MR) is 98.7 cm³/mol. The molecule has 1 unspecified atom stereocenters. The number of aryl methyl sites for hydroxylation is 2. The monoisotopic (exact) mass is 371 g/mol. The molecule has 1 fully saturated rings. The number of aromatic nitrogens is 3. The highest BCUT2D eigenvalue weighted by molar-refractivity contribution is 5.85. The zero-order chi connectivity index (χ0) is 19.4. The summed E-state index contributed by atoms with van der Waals surface area (Å²) in [5.74, 6) is 1.05. The second-order valence-electron chi connectivity index (χ2n) is 6.76.